The normalized spacial score (nSPS) is 19.3. The highest BCUT2D eigenvalue weighted by molar-refractivity contribution is 5.92. The van der Waals surface area contributed by atoms with Crippen LogP contribution in [-0.2, 0) is 4.74 Å². The first-order chi connectivity index (χ1) is 17.4. The fourth-order valence-corrected chi connectivity index (χ4v) is 4.78. The van der Waals surface area contributed by atoms with Crippen LogP contribution in [0.2, 0.25) is 0 Å². The topological polar surface area (TPSA) is 52.6 Å². The Hall–Kier alpha value is -3.06. The van der Waals surface area contributed by atoms with Gasteiger partial charge in [0.25, 0.3) is 0 Å². The van der Waals surface area contributed by atoms with Crippen LogP contribution in [0.15, 0.2) is 48.5 Å². The summed E-state index contributed by atoms with van der Waals surface area (Å²) in [5, 5.41) is 0. The van der Waals surface area contributed by atoms with Gasteiger partial charge in [-0.2, -0.15) is 0 Å². The van der Waals surface area contributed by atoms with Gasteiger partial charge < -0.3 is 9.47 Å². The molecule has 1 aliphatic carbocycles. The van der Waals surface area contributed by atoms with Crippen LogP contribution in [0.4, 0.5) is 0 Å². The predicted molar refractivity (Wildman–Crippen MR) is 144 cm³/mol. The second kappa shape index (κ2) is 13.9. The van der Waals surface area contributed by atoms with Gasteiger partial charge in [-0.1, -0.05) is 65.2 Å². The van der Waals surface area contributed by atoms with Gasteiger partial charge in [-0.05, 0) is 85.5 Å². The van der Waals surface area contributed by atoms with Crippen LogP contribution in [0.25, 0.3) is 0 Å². The lowest BCUT2D eigenvalue weighted by Gasteiger charge is -2.36. The molecule has 0 spiro atoms. The lowest BCUT2D eigenvalue weighted by molar-refractivity contribution is -0.0174. The van der Waals surface area contributed by atoms with Crippen molar-refractivity contribution in [2.24, 2.45) is 17.8 Å². The van der Waals surface area contributed by atoms with Gasteiger partial charge in [-0.3, -0.25) is 0 Å². The van der Waals surface area contributed by atoms with E-state index in [2.05, 4.69) is 39.5 Å². The average Bonchev–Trinajstić information content (AvgIpc) is 2.86. The van der Waals surface area contributed by atoms with Crippen LogP contribution in [0.5, 0.6) is 5.75 Å². The first kappa shape index (κ1) is 27.5. The van der Waals surface area contributed by atoms with E-state index in [0.717, 1.165) is 31.2 Å². The molecule has 2 aromatic carbocycles. The third-order valence-electron chi connectivity index (χ3n) is 7.03. The largest absolute Gasteiger partial charge is 0.458 e. The van der Waals surface area contributed by atoms with Gasteiger partial charge in [0, 0.05) is 12.0 Å². The van der Waals surface area contributed by atoms with E-state index in [-0.39, 0.29) is 12.1 Å². The standard InChI is InChI=1S/C32H40O4/c1-5-6-7-8-9-10-11-25-13-15-26(16-14-25)31(33)35-28-19-17-27(18-20-28)32(34)36-30-22-24(4)12-21-29(30)23(2)3/h13-20,23-24,29-30H,5-9,12,21-22H2,1-4H3/t24-,29+,30-/m1/s1. The lowest BCUT2D eigenvalue weighted by atomic mass is 9.75. The zero-order valence-corrected chi connectivity index (χ0v) is 22.2. The molecule has 0 unspecified atom stereocenters. The summed E-state index contributed by atoms with van der Waals surface area (Å²) in [6.07, 6.45) is 8.86. The molecular weight excluding hydrogens is 448 g/mol. The van der Waals surface area contributed by atoms with Crippen molar-refractivity contribution >= 4 is 11.9 Å². The predicted octanol–water partition coefficient (Wildman–Crippen LogP) is 7.85. The number of rotatable bonds is 9. The minimum Gasteiger partial charge on any atom is -0.458 e. The molecule has 0 heterocycles. The summed E-state index contributed by atoms with van der Waals surface area (Å²) in [6, 6.07) is 13.7. The maximum absolute atomic E-state index is 12.8. The van der Waals surface area contributed by atoms with E-state index in [1.807, 2.05) is 12.1 Å². The van der Waals surface area contributed by atoms with E-state index in [9.17, 15) is 9.59 Å². The van der Waals surface area contributed by atoms with Crippen LogP contribution in [0.1, 0.15) is 105 Å². The van der Waals surface area contributed by atoms with Gasteiger partial charge in [0.2, 0.25) is 0 Å². The van der Waals surface area contributed by atoms with Crippen LogP contribution in [-0.4, -0.2) is 18.0 Å². The minimum absolute atomic E-state index is 0.0486. The molecule has 0 N–H and O–H groups in total. The maximum atomic E-state index is 12.8. The van der Waals surface area contributed by atoms with E-state index in [4.69, 9.17) is 9.47 Å². The second-order valence-electron chi connectivity index (χ2n) is 10.4. The van der Waals surface area contributed by atoms with Gasteiger partial charge in [-0.25, -0.2) is 9.59 Å². The SMILES string of the molecule is CCCCCCC#Cc1ccc(C(=O)Oc2ccc(C(=O)O[C@@H]3C[C@H](C)CC[C@H]3C(C)C)cc2)cc1. The van der Waals surface area contributed by atoms with Gasteiger partial charge in [0.15, 0.2) is 0 Å². The van der Waals surface area contributed by atoms with Crippen LogP contribution in [0, 0.1) is 29.6 Å². The maximum Gasteiger partial charge on any atom is 0.343 e. The molecule has 3 atom stereocenters. The highest BCUT2D eigenvalue weighted by Gasteiger charge is 2.33. The van der Waals surface area contributed by atoms with Gasteiger partial charge in [-0.15, -0.1) is 0 Å². The van der Waals surface area contributed by atoms with Crippen molar-refractivity contribution in [3.8, 4) is 17.6 Å². The fourth-order valence-electron chi connectivity index (χ4n) is 4.78. The molecule has 36 heavy (non-hydrogen) atoms. The average molecular weight is 489 g/mol. The molecule has 1 fully saturated rings. The molecule has 0 aliphatic heterocycles. The number of esters is 2. The van der Waals surface area contributed by atoms with E-state index < -0.39 is 5.97 Å². The Bertz CT molecular complexity index is 1040. The third-order valence-corrected chi connectivity index (χ3v) is 7.03. The zero-order chi connectivity index (χ0) is 25.9. The Balaban J connectivity index is 1.52. The van der Waals surface area contributed by atoms with E-state index in [0.29, 0.717) is 34.6 Å². The summed E-state index contributed by atoms with van der Waals surface area (Å²) in [5.74, 6) is 7.41. The summed E-state index contributed by atoms with van der Waals surface area (Å²) in [5.41, 5.74) is 1.81. The van der Waals surface area contributed by atoms with Gasteiger partial charge >= 0.3 is 11.9 Å². The number of carbonyl (C=O) groups is 2. The molecular formula is C32H40O4. The molecule has 2 aromatic rings. The van der Waals surface area contributed by atoms with Crippen molar-refractivity contribution in [3.05, 3.63) is 65.2 Å². The molecule has 4 heteroatoms. The highest BCUT2D eigenvalue weighted by Crippen LogP contribution is 2.35. The quantitative estimate of drug-likeness (QED) is 0.156. The summed E-state index contributed by atoms with van der Waals surface area (Å²) in [6.45, 7) is 8.81. The van der Waals surface area contributed by atoms with Crippen molar-refractivity contribution < 1.29 is 19.1 Å². The number of hydrogen-bond acceptors (Lipinski definition) is 4. The van der Waals surface area contributed by atoms with Gasteiger partial charge in [0.05, 0.1) is 11.1 Å². The minimum atomic E-state index is -0.444. The first-order valence-electron chi connectivity index (χ1n) is 13.5. The summed E-state index contributed by atoms with van der Waals surface area (Å²) in [4.78, 5) is 25.3. The number of carbonyl (C=O) groups excluding carboxylic acids is 2. The molecule has 0 bridgehead atoms. The number of ether oxygens (including phenoxy) is 2. The molecule has 0 aromatic heterocycles. The Morgan fingerprint density at radius 3 is 2.25 bits per heavy atom. The summed E-state index contributed by atoms with van der Waals surface area (Å²) in [7, 11) is 0. The van der Waals surface area contributed by atoms with E-state index >= 15 is 0 Å². The molecule has 4 nitrogen and oxygen atoms in total. The Kier molecular flexibility index (Phi) is 10.6. The van der Waals surface area contributed by atoms with Crippen molar-refractivity contribution in [2.75, 3.05) is 0 Å². The van der Waals surface area contributed by atoms with Gasteiger partial charge in [0.1, 0.15) is 11.9 Å². The Labute approximate surface area is 216 Å². The van der Waals surface area contributed by atoms with E-state index in [1.54, 1.807) is 36.4 Å². The third kappa shape index (κ3) is 8.26. The molecule has 0 radical (unpaired) electrons. The van der Waals surface area contributed by atoms with Crippen LogP contribution < -0.4 is 4.74 Å². The smallest absolute Gasteiger partial charge is 0.343 e. The van der Waals surface area contributed by atoms with Crippen molar-refractivity contribution in [3.63, 3.8) is 0 Å². The number of unbranched alkanes of at least 4 members (excludes halogenated alkanes) is 4. The molecule has 192 valence electrons. The van der Waals surface area contributed by atoms with Crippen molar-refractivity contribution in [1.29, 1.82) is 0 Å². The van der Waals surface area contributed by atoms with Crippen LogP contribution >= 0.6 is 0 Å². The van der Waals surface area contributed by atoms with E-state index in [1.165, 1.54) is 25.7 Å². The molecule has 0 amide bonds. The molecule has 1 aliphatic rings. The number of benzene rings is 2. The van der Waals surface area contributed by atoms with Crippen molar-refractivity contribution in [2.45, 2.75) is 85.2 Å². The number of hydrogen-bond donors (Lipinski definition) is 0. The zero-order valence-electron chi connectivity index (χ0n) is 22.2. The second-order valence-corrected chi connectivity index (χ2v) is 10.4. The molecule has 0 saturated heterocycles. The summed E-state index contributed by atoms with van der Waals surface area (Å²) < 4.78 is 11.4. The fraction of sp³-hybridized carbons (Fsp3) is 0.500. The lowest BCUT2D eigenvalue weighted by Crippen LogP contribution is -2.35. The van der Waals surface area contributed by atoms with Crippen LogP contribution in [0.3, 0.4) is 0 Å². The first-order valence-corrected chi connectivity index (χ1v) is 13.5. The molecule has 1 saturated carbocycles. The monoisotopic (exact) mass is 488 g/mol. The summed E-state index contributed by atoms with van der Waals surface area (Å²) >= 11 is 0. The van der Waals surface area contributed by atoms with Crippen molar-refractivity contribution in [1.82, 2.24) is 0 Å². The molecule has 3 rings (SSSR count). The Morgan fingerprint density at radius 1 is 0.917 bits per heavy atom. The Morgan fingerprint density at radius 2 is 1.58 bits per heavy atom. The highest BCUT2D eigenvalue weighted by atomic mass is 16.5.